The Morgan fingerprint density at radius 3 is 2.28 bits per heavy atom. The summed E-state index contributed by atoms with van der Waals surface area (Å²) in [5.41, 5.74) is 0.573. The molecule has 2 amide bonds. The first-order chi connectivity index (χ1) is 12.1. The Morgan fingerprint density at radius 2 is 1.52 bits per heavy atom. The lowest BCUT2D eigenvalue weighted by Gasteiger charge is -2.13. The monoisotopic (exact) mass is 340 g/mol. The van der Waals surface area contributed by atoms with Crippen LogP contribution in [0.25, 0.3) is 0 Å². The van der Waals surface area contributed by atoms with E-state index in [1.807, 2.05) is 18.2 Å². The molecule has 0 aliphatic rings. The number of carbonyl (C=O) groups excluding carboxylic acids is 1. The number of urea groups is 1. The van der Waals surface area contributed by atoms with Crippen LogP contribution in [-0.2, 0) is 0 Å². The number of rotatable bonds is 4. The number of benzene rings is 3. The highest BCUT2D eigenvalue weighted by atomic mass is 19.2. The van der Waals surface area contributed by atoms with Gasteiger partial charge in [-0.1, -0.05) is 30.3 Å². The SMILES string of the molecule is O=C(Nc1ccc(F)c(F)c1)Nc1ccccc1Oc1ccccc1. The maximum Gasteiger partial charge on any atom is 0.323 e. The van der Waals surface area contributed by atoms with E-state index in [1.165, 1.54) is 6.07 Å². The number of amides is 2. The molecule has 3 aromatic rings. The van der Waals surface area contributed by atoms with E-state index in [2.05, 4.69) is 10.6 Å². The number of nitrogens with one attached hydrogen (secondary N) is 2. The van der Waals surface area contributed by atoms with Crippen LogP contribution in [0.3, 0.4) is 0 Å². The Morgan fingerprint density at radius 1 is 0.800 bits per heavy atom. The van der Waals surface area contributed by atoms with E-state index in [0.717, 1.165) is 12.1 Å². The van der Waals surface area contributed by atoms with Crippen molar-refractivity contribution >= 4 is 17.4 Å². The van der Waals surface area contributed by atoms with Gasteiger partial charge in [0.05, 0.1) is 5.69 Å². The topological polar surface area (TPSA) is 50.4 Å². The summed E-state index contributed by atoms with van der Waals surface area (Å²) in [5, 5.41) is 5.06. The van der Waals surface area contributed by atoms with E-state index in [9.17, 15) is 13.6 Å². The number of halogens is 2. The fourth-order valence-corrected chi connectivity index (χ4v) is 2.13. The zero-order valence-corrected chi connectivity index (χ0v) is 13.0. The van der Waals surface area contributed by atoms with Crippen molar-refractivity contribution < 1.29 is 18.3 Å². The average molecular weight is 340 g/mol. The van der Waals surface area contributed by atoms with Crippen LogP contribution in [0.2, 0.25) is 0 Å². The highest BCUT2D eigenvalue weighted by Crippen LogP contribution is 2.29. The second-order valence-corrected chi connectivity index (χ2v) is 5.12. The normalized spacial score (nSPS) is 10.2. The van der Waals surface area contributed by atoms with Gasteiger partial charge < -0.3 is 15.4 Å². The lowest BCUT2D eigenvalue weighted by Crippen LogP contribution is -2.19. The molecule has 126 valence electrons. The van der Waals surface area contributed by atoms with Gasteiger partial charge in [-0.05, 0) is 36.4 Å². The third-order valence-corrected chi connectivity index (χ3v) is 3.28. The van der Waals surface area contributed by atoms with Crippen molar-refractivity contribution in [1.29, 1.82) is 0 Å². The predicted molar refractivity (Wildman–Crippen MR) is 92.0 cm³/mol. The summed E-state index contributed by atoms with van der Waals surface area (Å²) >= 11 is 0. The molecule has 6 heteroatoms. The van der Waals surface area contributed by atoms with Crippen LogP contribution in [0.1, 0.15) is 0 Å². The van der Waals surface area contributed by atoms with Gasteiger partial charge in [-0.25, -0.2) is 13.6 Å². The molecule has 25 heavy (non-hydrogen) atoms. The Kier molecular flexibility index (Phi) is 4.89. The first-order valence-corrected chi connectivity index (χ1v) is 7.47. The van der Waals surface area contributed by atoms with Gasteiger partial charge >= 0.3 is 6.03 Å². The quantitative estimate of drug-likeness (QED) is 0.668. The summed E-state index contributed by atoms with van der Waals surface area (Å²) in [4.78, 5) is 12.1. The Bertz CT molecular complexity index is 886. The van der Waals surface area contributed by atoms with E-state index in [4.69, 9.17) is 4.74 Å². The molecule has 0 aliphatic heterocycles. The fraction of sp³-hybridized carbons (Fsp3) is 0. The van der Waals surface area contributed by atoms with E-state index in [0.29, 0.717) is 17.2 Å². The number of para-hydroxylation sites is 3. The second kappa shape index (κ2) is 7.44. The highest BCUT2D eigenvalue weighted by Gasteiger charge is 2.10. The molecule has 3 aromatic carbocycles. The van der Waals surface area contributed by atoms with Crippen molar-refractivity contribution in [2.45, 2.75) is 0 Å². The first-order valence-electron chi connectivity index (χ1n) is 7.47. The molecule has 2 N–H and O–H groups in total. The summed E-state index contributed by atoms with van der Waals surface area (Å²) in [6.45, 7) is 0. The van der Waals surface area contributed by atoms with Crippen molar-refractivity contribution in [2.75, 3.05) is 10.6 Å². The molecule has 0 atom stereocenters. The van der Waals surface area contributed by atoms with Crippen LogP contribution in [0.4, 0.5) is 25.0 Å². The lowest BCUT2D eigenvalue weighted by atomic mass is 10.3. The van der Waals surface area contributed by atoms with Crippen LogP contribution in [0.15, 0.2) is 72.8 Å². The molecule has 0 saturated heterocycles. The van der Waals surface area contributed by atoms with Gasteiger partial charge in [-0.2, -0.15) is 0 Å². The summed E-state index contributed by atoms with van der Waals surface area (Å²) in [6.07, 6.45) is 0. The first kappa shape index (κ1) is 16.4. The van der Waals surface area contributed by atoms with E-state index in [-0.39, 0.29) is 5.69 Å². The third kappa shape index (κ3) is 4.32. The molecule has 3 rings (SSSR count). The minimum atomic E-state index is -1.04. The molecule has 0 saturated carbocycles. The van der Waals surface area contributed by atoms with Gasteiger partial charge in [0.25, 0.3) is 0 Å². The molecule has 0 spiro atoms. The maximum atomic E-state index is 13.2. The molecule has 0 radical (unpaired) electrons. The molecule has 0 bridgehead atoms. The minimum absolute atomic E-state index is 0.137. The van der Waals surface area contributed by atoms with Gasteiger partial charge in [0.1, 0.15) is 5.75 Å². The molecule has 0 unspecified atom stereocenters. The summed E-state index contributed by atoms with van der Waals surface area (Å²) in [6, 6.07) is 18.5. The zero-order valence-electron chi connectivity index (χ0n) is 13.0. The average Bonchev–Trinajstić information content (AvgIpc) is 2.61. The molecule has 0 heterocycles. The Balaban J connectivity index is 1.72. The zero-order chi connectivity index (χ0) is 17.6. The van der Waals surface area contributed by atoms with Crippen molar-refractivity contribution in [3.8, 4) is 11.5 Å². The van der Waals surface area contributed by atoms with Crippen LogP contribution >= 0.6 is 0 Å². The number of hydrogen-bond acceptors (Lipinski definition) is 2. The Labute approximate surface area is 143 Å². The van der Waals surface area contributed by atoms with Crippen LogP contribution in [0.5, 0.6) is 11.5 Å². The molecular weight excluding hydrogens is 326 g/mol. The number of hydrogen-bond donors (Lipinski definition) is 2. The molecule has 0 aromatic heterocycles. The van der Waals surface area contributed by atoms with E-state index >= 15 is 0 Å². The van der Waals surface area contributed by atoms with Crippen molar-refractivity contribution in [3.05, 3.63) is 84.4 Å². The minimum Gasteiger partial charge on any atom is -0.455 e. The van der Waals surface area contributed by atoms with Gasteiger partial charge in [0, 0.05) is 11.8 Å². The Hall–Kier alpha value is -3.41. The fourth-order valence-electron chi connectivity index (χ4n) is 2.13. The lowest BCUT2D eigenvalue weighted by molar-refractivity contribution is 0.262. The maximum absolute atomic E-state index is 13.2. The van der Waals surface area contributed by atoms with Crippen molar-refractivity contribution in [3.63, 3.8) is 0 Å². The van der Waals surface area contributed by atoms with Gasteiger partial charge in [0.15, 0.2) is 17.4 Å². The standard InChI is InChI=1S/C19H14F2N2O2/c20-15-11-10-13(12-16(15)21)22-19(24)23-17-8-4-5-9-18(17)25-14-6-2-1-3-7-14/h1-12H,(H2,22,23,24). The molecule has 4 nitrogen and oxygen atoms in total. The number of anilines is 2. The van der Waals surface area contributed by atoms with Crippen molar-refractivity contribution in [1.82, 2.24) is 0 Å². The molecule has 0 aliphatic carbocycles. The van der Waals surface area contributed by atoms with E-state index < -0.39 is 17.7 Å². The van der Waals surface area contributed by atoms with E-state index in [1.54, 1.807) is 36.4 Å². The van der Waals surface area contributed by atoms with Crippen molar-refractivity contribution in [2.24, 2.45) is 0 Å². The highest BCUT2D eigenvalue weighted by molar-refractivity contribution is 6.00. The largest absolute Gasteiger partial charge is 0.455 e. The smallest absolute Gasteiger partial charge is 0.323 e. The second-order valence-electron chi connectivity index (χ2n) is 5.12. The number of carbonyl (C=O) groups is 1. The van der Waals surface area contributed by atoms with Crippen LogP contribution in [0, 0.1) is 11.6 Å². The van der Waals surface area contributed by atoms with Crippen LogP contribution in [-0.4, -0.2) is 6.03 Å². The van der Waals surface area contributed by atoms with Crippen LogP contribution < -0.4 is 15.4 Å². The van der Waals surface area contributed by atoms with Gasteiger partial charge in [0.2, 0.25) is 0 Å². The molecule has 0 fully saturated rings. The molecular formula is C19H14F2N2O2. The summed E-state index contributed by atoms with van der Waals surface area (Å²) in [5.74, 6) is -0.940. The van der Waals surface area contributed by atoms with Gasteiger partial charge in [-0.3, -0.25) is 0 Å². The third-order valence-electron chi connectivity index (χ3n) is 3.28. The van der Waals surface area contributed by atoms with Gasteiger partial charge in [-0.15, -0.1) is 0 Å². The number of ether oxygens (including phenoxy) is 1. The summed E-state index contributed by atoms with van der Waals surface area (Å²) < 4.78 is 31.9. The summed E-state index contributed by atoms with van der Waals surface area (Å²) in [7, 11) is 0. The predicted octanol–water partition coefficient (Wildman–Crippen LogP) is 5.40.